The molecule has 0 bridgehead atoms. The molecule has 2 aliphatic rings. The first kappa shape index (κ1) is 18.2. The van der Waals surface area contributed by atoms with Crippen LogP contribution in [0.4, 0.5) is 0 Å². The zero-order chi connectivity index (χ0) is 17.5. The van der Waals surface area contributed by atoms with Crippen LogP contribution in [0.2, 0.25) is 0 Å². The maximum absolute atomic E-state index is 4.88. The quantitative estimate of drug-likeness (QED) is 0.506. The summed E-state index contributed by atoms with van der Waals surface area (Å²) in [4.78, 5) is 7.31. The van der Waals surface area contributed by atoms with Crippen molar-refractivity contribution in [1.29, 1.82) is 0 Å². The van der Waals surface area contributed by atoms with Crippen LogP contribution in [0.5, 0.6) is 0 Å². The number of nitrogens with one attached hydrogen (secondary N) is 1. The predicted octanol–water partition coefficient (Wildman–Crippen LogP) is 2.63. The minimum Gasteiger partial charge on any atom is -0.357 e. The maximum atomic E-state index is 4.88. The van der Waals surface area contributed by atoms with Gasteiger partial charge in [0, 0.05) is 45.6 Å². The molecule has 25 heavy (non-hydrogen) atoms. The average Bonchev–Trinajstić information content (AvgIpc) is 2.84. The Balaban J connectivity index is 1.53. The normalized spacial score (nSPS) is 21.8. The summed E-state index contributed by atoms with van der Waals surface area (Å²) in [5, 5.41) is 12.3. The highest BCUT2D eigenvalue weighted by Gasteiger charge is 2.19. The molecule has 2 aliphatic heterocycles. The van der Waals surface area contributed by atoms with Crippen LogP contribution in [0.25, 0.3) is 0 Å². The van der Waals surface area contributed by atoms with Gasteiger partial charge in [0.15, 0.2) is 5.96 Å². The zero-order valence-corrected chi connectivity index (χ0v) is 16.0. The fourth-order valence-electron chi connectivity index (χ4n) is 3.96. The fraction of sp³-hybridized carbons (Fsp3) is 0.842. The Morgan fingerprint density at radius 3 is 2.96 bits per heavy atom. The molecule has 140 valence electrons. The van der Waals surface area contributed by atoms with Crippen molar-refractivity contribution in [3.63, 3.8) is 0 Å². The van der Waals surface area contributed by atoms with Gasteiger partial charge >= 0.3 is 0 Å². The first-order valence-corrected chi connectivity index (χ1v) is 10.2. The van der Waals surface area contributed by atoms with E-state index in [0.717, 1.165) is 69.7 Å². The Hall–Kier alpha value is -1.59. The SMILES string of the molecule is CCNC(=NCCCc1nnc2n1CCCCC2)N1CCCC(C)C1. The number of guanidine groups is 1. The van der Waals surface area contributed by atoms with E-state index < -0.39 is 0 Å². The molecule has 1 atom stereocenters. The van der Waals surface area contributed by atoms with E-state index in [4.69, 9.17) is 4.99 Å². The minimum atomic E-state index is 0.768. The van der Waals surface area contributed by atoms with Crippen LogP contribution in [0.3, 0.4) is 0 Å². The Bertz CT molecular complexity index is 564. The Morgan fingerprint density at radius 2 is 2.12 bits per heavy atom. The van der Waals surface area contributed by atoms with Gasteiger partial charge in [0.1, 0.15) is 11.6 Å². The third kappa shape index (κ3) is 4.95. The smallest absolute Gasteiger partial charge is 0.193 e. The van der Waals surface area contributed by atoms with Crippen LogP contribution in [0.1, 0.15) is 64.0 Å². The van der Waals surface area contributed by atoms with Crippen LogP contribution in [0, 0.1) is 5.92 Å². The Kier molecular flexibility index (Phi) is 6.70. The highest BCUT2D eigenvalue weighted by molar-refractivity contribution is 5.80. The van der Waals surface area contributed by atoms with Gasteiger partial charge in [0.05, 0.1) is 0 Å². The second-order valence-electron chi connectivity index (χ2n) is 7.53. The summed E-state index contributed by atoms with van der Waals surface area (Å²) in [5.74, 6) is 4.20. The van der Waals surface area contributed by atoms with Crippen molar-refractivity contribution in [1.82, 2.24) is 25.0 Å². The lowest BCUT2D eigenvalue weighted by atomic mass is 10.0. The van der Waals surface area contributed by atoms with Crippen molar-refractivity contribution >= 4 is 5.96 Å². The van der Waals surface area contributed by atoms with E-state index in [1.54, 1.807) is 0 Å². The fourth-order valence-corrected chi connectivity index (χ4v) is 3.96. The highest BCUT2D eigenvalue weighted by Crippen LogP contribution is 2.16. The molecule has 1 aromatic heterocycles. The Labute approximate surface area is 152 Å². The molecule has 0 spiro atoms. The molecular weight excluding hydrogens is 312 g/mol. The van der Waals surface area contributed by atoms with Gasteiger partial charge in [-0.1, -0.05) is 13.3 Å². The molecule has 0 amide bonds. The van der Waals surface area contributed by atoms with Gasteiger partial charge in [-0.2, -0.15) is 0 Å². The van der Waals surface area contributed by atoms with Crippen molar-refractivity contribution in [3.05, 3.63) is 11.6 Å². The van der Waals surface area contributed by atoms with Crippen LogP contribution in [0.15, 0.2) is 4.99 Å². The molecule has 1 saturated heterocycles. The topological polar surface area (TPSA) is 58.3 Å². The van der Waals surface area contributed by atoms with E-state index in [2.05, 4.69) is 38.8 Å². The molecule has 3 heterocycles. The van der Waals surface area contributed by atoms with Gasteiger partial charge in [-0.15, -0.1) is 10.2 Å². The molecule has 0 aromatic carbocycles. The maximum Gasteiger partial charge on any atom is 0.193 e. The second kappa shape index (κ2) is 9.20. The van der Waals surface area contributed by atoms with Crippen molar-refractivity contribution in [3.8, 4) is 0 Å². The number of fused-ring (bicyclic) bond motifs is 1. The number of hydrogen-bond donors (Lipinski definition) is 1. The number of aliphatic imine (C=N–C) groups is 1. The van der Waals surface area contributed by atoms with Crippen molar-refractivity contribution in [2.24, 2.45) is 10.9 Å². The number of rotatable bonds is 5. The van der Waals surface area contributed by atoms with Gasteiger partial charge in [-0.25, -0.2) is 0 Å². The lowest BCUT2D eigenvalue weighted by Crippen LogP contribution is -2.46. The number of aryl methyl sites for hydroxylation is 2. The summed E-state index contributed by atoms with van der Waals surface area (Å²) in [5.41, 5.74) is 0. The highest BCUT2D eigenvalue weighted by atomic mass is 15.3. The van der Waals surface area contributed by atoms with E-state index in [-0.39, 0.29) is 0 Å². The number of aromatic nitrogens is 3. The molecule has 0 saturated carbocycles. The van der Waals surface area contributed by atoms with E-state index in [0.29, 0.717) is 0 Å². The van der Waals surface area contributed by atoms with Crippen molar-refractivity contribution < 1.29 is 0 Å². The minimum absolute atomic E-state index is 0.768. The third-order valence-electron chi connectivity index (χ3n) is 5.30. The second-order valence-corrected chi connectivity index (χ2v) is 7.53. The number of piperidine rings is 1. The molecule has 1 aromatic rings. The van der Waals surface area contributed by atoms with E-state index >= 15 is 0 Å². The third-order valence-corrected chi connectivity index (χ3v) is 5.30. The van der Waals surface area contributed by atoms with E-state index in [9.17, 15) is 0 Å². The molecule has 1 N–H and O–H groups in total. The first-order valence-electron chi connectivity index (χ1n) is 10.2. The first-order chi connectivity index (χ1) is 12.3. The monoisotopic (exact) mass is 346 g/mol. The van der Waals surface area contributed by atoms with Crippen LogP contribution < -0.4 is 5.32 Å². The van der Waals surface area contributed by atoms with Crippen molar-refractivity contribution in [2.75, 3.05) is 26.2 Å². The Morgan fingerprint density at radius 1 is 1.20 bits per heavy atom. The number of likely N-dealkylation sites (tertiary alicyclic amines) is 1. The lowest BCUT2D eigenvalue weighted by molar-refractivity contribution is 0.266. The van der Waals surface area contributed by atoms with Crippen LogP contribution in [-0.2, 0) is 19.4 Å². The summed E-state index contributed by atoms with van der Waals surface area (Å²) in [6.07, 6.45) is 9.54. The van der Waals surface area contributed by atoms with Gasteiger partial charge in [0.25, 0.3) is 0 Å². The van der Waals surface area contributed by atoms with Gasteiger partial charge in [-0.05, 0) is 44.9 Å². The van der Waals surface area contributed by atoms with Gasteiger partial charge in [-0.3, -0.25) is 4.99 Å². The molecule has 0 aliphatic carbocycles. The zero-order valence-electron chi connectivity index (χ0n) is 16.0. The van der Waals surface area contributed by atoms with E-state index in [1.165, 1.54) is 37.9 Å². The summed E-state index contributed by atoms with van der Waals surface area (Å²) in [7, 11) is 0. The number of hydrogen-bond acceptors (Lipinski definition) is 3. The summed E-state index contributed by atoms with van der Waals surface area (Å²) >= 11 is 0. The predicted molar refractivity (Wildman–Crippen MR) is 102 cm³/mol. The molecule has 3 rings (SSSR count). The molecule has 1 fully saturated rings. The van der Waals surface area contributed by atoms with E-state index in [1.807, 2.05) is 0 Å². The summed E-state index contributed by atoms with van der Waals surface area (Å²) in [6, 6.07) is 0. The summed E-state index contributed by atoms with van der Waals surface area (Å²) < 4.78 is 2.36. The number of nitrogens with zero attached hydrogens (tertiary/aromatic N) is 5. The molecule has 0 radical (unpaired) electrons. The largest absolute Gasteiger partial charge is 0.357 e. The van der Waals surface area contributed by atoms with Gasteiger partial charge in [0.2, 0.25) is 0 Å². The van der Waals surface area contributed by atoms with Crippen molar-refractivity contribution in [2.45, 2.75) is 71.8 Å². The molecule has 6 heteroatoms. The summed E-state index contributed by atoms with van der Waals surface area (Å²) in [6.45, 7) is 9.63. The van der Waals surface area contributed by atoms with Crippen LogP contribution >= 0.6 is 0 Å². The molecular formula is C19H34N6. The standard InChI is InChI=1S/C19H34N6/c1-3-20-19(24-13-8-9-16(2)15-24)21-12-7-11-18-23-22-17-10-5-4-6-14-25(17)18/h16H,3-15H2,1-2H3,(H,20,21). The van der Waals surface area contributed by atoms with Crippen LogP contribution in [-0.4, -0.2) is 51.8 Å². The average molecular weight is 347 g/mol. The molecule has 1 unspecified atom stereocenters. The molecule has 6 nitrogen and oxygen atoms in total. The lowest BCUT2D eigenvalue weighted by Gasteiger charge is -2.33. The van der Waals surface area contributed by atoms with Gasteiger partial charge < -0.3 is 14.8 Å².